The Bertz CT molecular complexity index is 856. The first-order chi connectivity index (χ1) is 11.6. The van der Waals surface area contributed by atoms with Crippen molar-refractivity contribution in [2.45, 2.75) is 39.2 Å². The average molecular weight is 364 g/mol. The molecule has 2 rings (SSSR count). The lowest BCUT2D eigenvalue weighted by Crippen LogP contribution is -2.51. The fraction of sp³-hybridized carbons (Fsp3) is 0.412. The van der Waals surface area contributed by atoms with Gasteiger partial charge in [-0.2, -0.15) is 5.10 Å². The van der Waals surface area contributed by atoms with E-state index in [1.54, 1.807) is 6.07 Å². The summed E-state index contributed by atoms with van der Waals surface area (Å²) in [6.07, 6.45) is 2.64. The van der Waals surface area contributed by atoms with Gasteiger partial charge in [-0.1, -0.05) is 24.3 Å². The van der Waals surface area contributed by atoms with Crippen LogP contribution in [-0.2, 0) is 27.7 Å². The van der Waals surface area contributed by atoms with Gasteiger partial charge < -0.3 is 5.32 Å². The Kier molecular flexibility index (Phi) is 5.64. The summed E-state index contributed by atoms with van der Waals surface area (Å²) in [7, 11) is -3.50. The molecule has 0 saturated heterocycles. The number of sulfonamides is 1. The number of aromatic nitrogens is 2. The van der Waals surface area contributed by atoms with Crippen molar-refractivity contribution in [2.24, 2.45) is 0 Å². The zero-order chi connectivity index (χ0) is 18.7. The van der Waals surface area contributed by atoms with Crippen LogP contribution in [-0.4, -0.2) is 36.3 Å². The average Bonchev–Trinajstić information content (AvgIpc) is 2.91. The fourth-order valence-corrected chi connectivity index (χ4v) is 3.52. The molecule has 0 aliphatic heterocycles. The number of carbonyl (C=O) groups is 1. The molecule has 0 atom stereocenters. The predicted molar refractivity (Wildman–Crippen MR) is 97.9 cm³/mol. The third-order valence-corrected chi connectivity index (χ3v) is 4.69. The van der Waals surface area contributed by atoms with Crippen molar-refractivity contribution in [1.82, 2.24) is 14.9 Å². The molecular weight excluding hydrogens is 340 g/mol. The number of hydrogen-bond acceptors (Lipinski definition) is 4. The van der Waals surface area contributed by atoms with Gasteiger partial charge in [-0.3, -0.25) is 9.89 Å². The number of H-pyrrole nitrogens is 1. The highest BCUT2D eigenvalue weighted by atomic mass is 32.2. The number of hydrogen-bond donors (Lipinski definition) is 3. The molecule has 0 aliphatic carbocycles. The molecule has 0 saturated carbocycles. The summed E-state index contributed by atoms with van der Waals surface area (Å²) in [5, 5.41) is 9.59. The topological polar surface area (TPSA) is 104 Å². The minimum Gasteiger partial charge on any atom is -0.308 e. The molecule has 7 nitrogen and oxygen atoms in total. The molecule has 0 radical (unpaired) electrons. The molecule has 1 heterocycles. The first-order valence-electron chi connectivity index (χ1n) is 7.96. The maximum atomic E-state index is 12.3. The summed E-state index contributed by atoms with van der Waals surface area (Å²) < 4.78 is 25.0. The van der Waals surface area contributed by atoms with Gasteiger partial charge in [0.05, 0.1) is 6.26 Å². The Hall–Kier alpha value is -2.19. The molecule has 0 bridgehead atoms. The van der Waals surface area contributed by atoms with E-state index in [0.717, 1.165) is 24.8 Å². The molecule has 0 aliphatic rings. The van der Waals surface area contributed by atoms with Crippen molar-refractivity contribution >= 4 is 21.7 Å². The van der Waals surface area contributed by atoms with Crippen molar-refractivity contribution in [1.29, 1.82) is 0 Å². The van der Waals surface area contributed by atoms with E-state index >= 15 is 0 Å². The monoisotopic (exact) mass is 364 g/mol. The van der Waals surface area contributed by atoms with Gasteiger partial charge >= 0.3 is 0 Å². The summed E-state index contributed by atoms with van der Waals surface area (Å²) in [6.45, 7) is 5.06. The van der Waals surface area contributed by atoms with Gasteiger partial charge in [-0.25, -0.2) is 13.1 Å². The number of amides is 1. The van der Waals surface area contributed by atoms with E-state index < -0.39 is 21.5 Å². The van der Waals surface area contributed by atoms with E-state index in [0.29, 0.717) is 5.82 Å². The minimum atomic E-state index is -3.50. The number of nitrogens with zero attached hydrogens (tertiary/aromatic N) is 1. The lowest BCUT2D eigenvalue weighted by Gasteiger charge is -2.23. The first-order valence-corrected chi connectivity index (χ1v) is 9.85. The second-order valence-corrected chi connectivity index (χ2v) is 8.41. The first kappa shape index (κ1) is 19.1. The van der Waals surface area contributed by atoms with Gasteiger partial charge in [-0.15, -0.1) is 0 Å². The smallest absolute Gasteiger partial charge is 0.246 e. The highest BCUT2D eigenvalue weighted by Gasteiger charge is 2.31. The summed E-state index contributed by atoms with van der Waals surface area (Å²) in [6, 6.07) is 9.94. The van der Waals surface area contributed by atoms with Crippen LogP contribution in [0.4, 0.5) is 5.82 Å². The van der Waals surface area contributed by atoms with Gasteiger partial charge in [0, 0.05) is 11.8 Å². The quantitative estimate of drug-likeness (QED) is 0.696. The Balaban J connectivity index is 1.97. The molecule has 0 spiro atoms. The number of aromatic amines is 1. The second-order valence-electron chi connectivity index (χ2n) is 6.66. The third kappa shape index (κ3) is 5.68. The minimum absolute atomic E-state index is 0.369. The molecular formula is C17H24N4O3S. The Morgan fingerprint density at radius 3 is 2.56 bits per heavy atom. The van der Waals surface area contributed by atoms with Crippen molar-refractivity contribution in [3.63, 3.8) is 0 Å². The number of aryl methyl sites for hydroxylation is 3. The van der Waals surface area contributed by atoms with Crippen LogP contribution in [0.2, 0.25) is 0 Å². The normalized spacial score (nSPS) is 12.2. The van der Waals surface area contributed by atoms with Gasteiger partial charge in [0.2, 0.25) is 15.9 Å². The molecule has 3 N–H and O–H groups in total. The van der Waals surface area contributed by atoms with Crippen LogP contribution in [0.15, 0.2) is 30.3 Å². The molecule has 8 heteroatoms. The van der Waals surface area contributed by atoms with Gasteiger partial charge in [0.25, 0.3) is 0 Å². The van der Waals surface area contributed by atoms with Crippen molar-refractivity contribution < 1.29 is 13.2 Å². The maximum absolute atomic E-state index is 12.3. The van der Waals surface area contributed by atoms with Crippen molar-refractivity contribution in [3.8, 4) is 0 Å². The third-order valence-electron chi connectivity index (χ3n) is 3.81. The highest BCUT2D eigenvalue weighted by Crippen LogP contribution is 2.14. The molecule has 0 fully saturated rings. The second kappa shape index (κ2) is 7.37. The molecule has 1 aromatic carbocycles. The molecule has 1 aromatic heterocycles. The van der Waals surface area contributed by atoms with Crippen LogP contribution in [0.3, 0.4) is 0 Å². The summed E-state index contributed by atoms with van der Waals surface area (Å²) in [4.78, 5) is 12.3. The zero-order valence-corrected chi connectivity index (χ0v) is 15.7. The van der Waals surface area contributed by atoms with Gasteiger partial charge in [0.15, 0.2) is 5.82 Å². The molecule has 136 valence electrons. The van der Waals surface area contributed by atoms with Gasteiger partial charge in [0.1, 0.15) is 5.54 Å². The van der Waals surface area contributed by atoms with Crippen LogP contribution < -0.4 is 10.0 Å². The maximum Gasteiger partial charge on any atom is 0.246 e. The van der Waals surface area contributed by atoms with Crippen molar-refractivity contribution in [3.05, 3.63) is 47.2 Å². The summed E-state index contributed by atoms with van der Waals surface area (Å²) >= 11 is 0. The summed E-state index contributed by atoms with van der Waals surface area (Å²) in [5.74, 6) is -0.108. The van der Waals surface area contributed by atoms with E-state index in [1.807, 2.05) is 12.1 Å². The SMILES string of the molecule is Cc1ccccc1CCc1cc(NC(=O)C(C)(C)NS(C)(=O)=O)n[nH]1. The van der Waals surface area contributed by atoms with Crippen LogP contribution in [0.1, 0.15) is 30.7 Å². The lowest BCUT2D eigenvalue weighted by molar-refractivity contribution is -0.120. The van der Waals surface area contributed by atoms with Crippen LogP contribution >= 0.6 is 0 Å². The van der Waals surface area contributed by atoms with E-state index in [-0.39, 0.29) is 0 Å². The van der Waals surface area contributed by atoms with Crippen LogP contribution in [0.5, 0.6) is 0 Å². The van der Waals surface area contributed by atoms with E-state index in [4.69, 9.17) is 0 Å². The summed E-state index contributed by atoms with van der Waals surface area (Å²) in [5.41, 5.74) is 2.13. The van der Waals surface area contributed by atoms with Gasteiger partial charge in [-0.05, 0) is 44.7 Å². The number of rotatable bonds is 7. The number of nitrogens with one attached hydrogen (secondary N) is 3. The Morgan fingerprint density at radius 1 is 1.24 bits per heavy atom. The predicted octanol–water partition coefficient (Wildman–Crippen LogP) is 1.77. The largest absolute Gasteiger partial charge is 0.308 e. The van der Waals surface area contributed by atoms with E-state index in [1.165, 1.54) is 25.0 Å². The molecule has 1 amide bonds. The van der Waals surface area contributed by atoms with E-state index in [9.17, 15) is 13.2 Å². The lowest BCUT2D eigenvalue weighted by atomic mass is 10.0. The van der Waals surface area contributed by atoms with Crippen LogP contribution in [0, 0.1) is 6.92 Å². The number of anilines is 1. The highest BCUT2D eigenvalue weighted by molar-refractivity contribution is 7.88. The molecule has 2 aromatic rings. The standard InChI is InChI=1S/C17H24N4O3S/c1-12-7-5-6-8-13(12)9-10-14-11-15(20-19-14)18-16(22)17(2,3)21-25(4,23)24/h5-8,11,21H,9-10H2,1-4H3,(H2,18,19,20,22). The fourth-order valence-electron chi connectivity index (χ4n) is 2.50. The Labute approximate surface area is 148 Å². The molecule has 25 heavy (non-hydrogen) atoms. The van der Waals surface area contributed by atoms with E-state index in [2.05, 4.69) is 39.3 Å². The number of benzene rings is 1. The Morgan fingerprint density at radius 2 is 1.92 bits per heavy atom. The van der Waals surface area contributed by atoms with Crippen molar-refractivity contribution in [2.75, 3.05) is 11.6 Å². The number of carbonyl (C=O) groups excluding carboxylic acids is 1. The zero-order valence-electron chi connectivity index (χ0n) is 14.9. The van der Waals surface area contributed by atoms with Crippen LogP contribution in [0.25, 0.3) is 0 Å². The molecule has 0 unspecified atom stereocenters.